The van der Waals surface area contributed by atoms with E-state index >= 15 is 0 Å². The number of hydrogen-bond donors (Lipinski definition) is 0. The molecule has 1 rings (SSSR count). The molecule has 0 N–H and O–H groups in total. The van der Waals surface area contributed by atoms with E-state index in [9.17, 15) is 0 Å². The average molecular weight is 122 g/mol. The van der Waals surface area contributed by atoms with Gasteiger partial charge in [-0.05, 0) is 0 Å². The molecule has 0 nitrogen and oxygen atoms in total. The van der Waals surface area contributed by atoms with Gasteiger partial charge in [-0.2, -0.15) is 0 Å². The van der Waals surface area contributed by atoms with E-state index in [4.69, 9.17) is 0 Å². The van der Waals surface area contributed by atoms with Crippen LogP contribution in [0.2, 0.25) is 0 Å². The second-order valence-corrected chi connectivity index (χ2v) is 3.18. The zero-order valence-electron chi connectivity index (χ0n) is 6.32. The quantitative estimate of drug-likeness (QED) is 0.464. The molecule has 0 radical (unpaired) electrons. The molecule has 0 aliphatic heterocycles. The van der Waals surface area contributed by atoms with Gasteiger partial charge in [-0.3, -0.25) is 0 Å². The summed E-state index contributed by atoms with van der Waals surface area (Å²) in [5.74, 6) is 0.860. The number of hydrogen-bond acceptors (Lipinski definition) is 0. The van der Waals surface area contributed by atoms with E-state index in [1.54, 1.807) is 0 Å². The van der Waals surface area contributed by atoms with Crippen LogP contribution in [0.3, 0.4) is 0 Å². The third kappa shape index (κ3) is 1.96. The molecule has 0 atom stereocenters. The first-order valence-electron chi connectivity index (χ1n) is 3.96. The molecular formula is C8H15B. The molecule has 0 bridgehead atoms. The minimum absolute atomic E-state index is 0.860. The van der Waals surface area contributed by atoms with Crippen LogP contribution in [-0.4, -0.2) is 13.0 Å². The van der Waals surface area contributed by atoms with E-state index < -0.39 is 0 Å². The Hall–Kier alpha value is -0.0651. The summed E-state index contributed by atoms with van der Waals surface area (Å²) in [5, 5.41) is 0. The van der Waals surface area contributed by atoms with Gasteiger partial charge >= 0.3 is 57.9 Å². The van der Waals surface area contributed by atoms with Crippen LogP contribution in [0.4, 0.5) is 0 Å². The maximum atomic E-state index is 3.98. The van der Waals surface area contributed by atoms with E-state index in [1.807, 2.05) is 0 Å². The van der Waals surface area contributed by atoms with Gasteiger partial charge < -0.3 is 0 Å². The molecule has 50 valence electrons. The Morgan fingerprint density at radius 2 is 1.78 bits per heavy atom. The molecule has 1 fully saturated rings. The first-order chi connectivity index (χ1) is 4.30. The Balaban J connectivity index is 2.31. The molecule has 1 aliphatic carbocycles. The van der Waals surface area contributed by atoms with Crippen molar-refractivity contribution >= 4 is 13.0 Å². The van der Waals surface area contributed by atoms with Crippen LogP contribution < -0.4 is 0 Å². The van der Waals surface area contributed by atoms with Crippen LogP contribution >= 0.6 is 0 Å². The molecule has 0 aromatic carbocycles. The van der Waals surface area contributed by atoms with Crippen molar-refractivity contribution in [1.29, 1.82) is 0 Å². The van der Waals surface area contributed by atoms with Crippen molar-refractivity contribution in [3.05, 3.63) is 0 Å². The second-order valence-electron chi connectivity index (χ2n) is 3.18. The van der Waals surface area contributed by atoms with Crippen LogP contribution in [0.5, 0.6) is 0 Å². The van der Waals surface area contributed by atoms with Crippen molar-refractivity contribution in [2.45, 2.75) is 39.0 Å². The van der Waals surface area contributed by atoms with Crippen molar-refractivity contribution in [2.24, 2.45) is 5.92 Å². The van der Waals surface area contributed by atoms with Gasteiger partial charge in [0.05, 0.1) is 0 Å². The zero-order chi connectivity index (χ0) is 6.69. The van der Waals surface area contributed by atoms with Crippen LogP contribution in [0.15, 0.2) is 0 Å². The van der Waals surface area contributed by atoms with Gasteiger partial charge in [0, 0.05) is 0 Å². The second kappa shape index (κ2) is 3.19. The molecular weight excluding hydrogens is 107 g/mol. The van der Waals surface area contributed by atoms with Crippen LogP contribution in [-0.2, 0) is 0 Å². The monoisotopic (exact) mass is 122 g/mol. The van der Waals surface area contributed by atoms with Gasteiger partial charge in [-0.15, -0.1) is 0 Å². The fourth-order valence-corrected chi connectivity index (χ4v) is 1.60. The summed E-state index contributed by atoms with van der Waals surface area (Å²) in [4.78, 5) is 0. The SMILES string of the molecule is B=C(C)C1CCCCC1. The van der Waals surface area contributed by atoms with Crippen molar-refractivity contribution in [1.82, 2.24) is 0 Å². The molecule has 0 saturated heterocycles. The fourth-order valence-electron chi connectivity index (χ4n) is 1.60. The summed E-state index contributed by atoms with van der Waals surface area (Å²) in [6.07, 6.45) is 7.10. The van der Waals surface area contributed by atoms with Gasteiger partial charge in [-0.25, -0.2) is 0 Å². The van der Waals surface area contributed by atoms with E-state index in [0.29, 0.717) is 0 Å². The third-order valence-corrected chi connectivity index (χ3v) is 2.30. The van der Waals surface area contributed by atoms with Crippen molar-refractivity contribution in [3.63, 3.8) is 0 Å². The van der Waals surface area contributed by atoms with Crippen molar-refractivity contribution in [2.75, 3.05) is 0 Å². The Kier molecular flexibility index (Phi) is 2.50. The van der Waals surface area contributed by atoms with E-state index in [-0.39, 0.29) is 0 Å². The summed E-state index contributed by atoms with van der Waals surface area (Å²) in [6, 6.07) is 0. The van der Waals surface area contributed by atoms with E-state index in [0.717, 1.165) is 5.92 Å². The van der Waals surface area contributed by atoms with Crippen LogP contribution in [0, 0.1) is 5.92 Å². The molecule has 0 aromatic rings. The Morgan fingerprint density at radius 3 is 2.11 bits per heavy atom. The number of rotatable bonds is 1. The molecule has 1 heteroatoms. The molecule has 1 aliphatic rings. The van der Waals surface area contributed by atoms with Gasteiger partial charge in [0.1, 0.15) is 0 Å². The molecule has 0 amide bonds. The van der Waals surface area contributed by atoms with Crippen LogP contribution in [0.25, 0.3) is 0 Å². The molecule has 0 aromatic heterocycles. The van der Waals surface area contributed by atoms with E-state index in [1.165, 1.54) is 37.6 Å². The maximum absolute atomic E-state index is 3.98. The van der Waals surface area contributed by atoms with Crippen molar-refractivity contribution < 1.29 is 0 Å². The van der Waals surface area contributed by atoms with Crippen molar-refractivity contribution in [3.8, 4) is 0 Å². The van der Waals surface area contributed by atoms with Gasteiger partial charge in [0.2, 0.25) is 0 Å². The standard InChI is InChI=1S/C8H15B/c1-7(9)8-5-3-2-4-6-8/h8-9H,2-6H2,1H3. The van der Waals surface area contributed by atoms with E-state index in [2.05, 4.69) is 14.4 Å². The first kappa shape index (κ1) is 7.05. The van der Waals surface area contributed by atoms with Gasteiger partial charge in [0.15, 0.2) is 0 Å². The topological polar surface area (TPSA) is 0 Å². The zero-order valence-corrected chi connectivity index (χ0v) is 6.32. The average Bonchev–Trinajstić information content (AvgIpc) is 1.90. The Bertz CT molecular complexity index is 101. The summed E-state index contributed by atoms with van der Waals surface area (Å²) >= 11 is 0. The predicted molar refractivity (Wildman–Crippen MR) is 44.4 cm³/mol. The van der Waals surface area contributed by atoms with Gasteiger partial charge in [-0.1, -0.05) is 0 Å². The van der Waals surface area contributed by atoms with Crippen LogP contribution in [0.1, 0.15) is 39.0 Å². The molecule has 0 spiro atoms. The normalized spacial score (nSPS) is 21.8. The summed E-state index contributed by atoms with van der Waals surface area (Å²) < 4.78 is 0. The fraction of sp³-hybridized carbons (Fsp3) is 0.875. The molecule has 1 saturated carbocycles. The first-order valence-corrected chi connectivity index (χ1v) is 3.96. The Morgan fingerprint density at radius 1 is 1.22 bits per heavy atom. The van der Waals surface area contributed by atoms with Gasteiger partial charge in [0.25, 0.3) is 0 Å². The summed E-state index contributed by atoms with van der Waals surface area (Å²) in [7, 11) is 3.98. The summed E-state index contributed by atoms with van der Waals surface area (Å²) in [6.45, 7) is 2.16. The molecule has 9 heavy (non-hydrogen) atoms. The molecule has 0 heterocycles. The minimum atomic E-state index is 0.860. The third-order valence-electron chi connectivity index (χ3n) is 2.30. The predicted octanol–water partition coefficient (Wildman–Crippen LogP) is 1.66. The Labute approximate surface area is 58.7 Å². The summed E-state index contributed by atoms with van der Waals surface area (Å²) in [5.41, 5.74) is 1.40. The molecule has 0 unspecified atom stereocenters.